The van der Waals surface area contributed by atoms with Gasteiger partial charge in [0.1, 0.15) is 11.6 Å². The molecule has 0 spiro atoms. The molecule has 4 nitrogen and oxygen atoms in total. The molecule has 0 bridgehead atoms. The van der Waals surface area contributed by atoms with E-state index in [1.165, 1.54) is 6.07 Å². The lowest BCUT2D eigenvalue weighted by Crippen LogP contribution is -2.31. The van der Waals surface area contributed by atoms with Crippen LogP contribution >= 0.6 is 0 Å². The second-order valence-electron chi connectivity index (χ2n) is 5.23. The molecule has 110 valence electrons. The Balaban J connectivity index is 1.89. The maximum absolute atomic E-state index is 13.8. The lowest BCUT2D eigenvalue weighted by Gasteiger charge is -2.24. The van der Waals surface area contributed by atoms with Crippen molar-refractivity contribution in [2.45, 2.75) is 18.9 Å². The van der Waals surface area contributed by atoms with E-state index in [0.29, 0.717) is 6.54 Å². The molecule has 1 aromatic heterocycles. The molecule has 1 aliphatic rings. The van der Waals surface area contributed by atoms with Gasteiger partial charge in [0, 0.05) is 31.4 Å². The molecular weight excluding hydrogens is 276 g/mol. The number of halogens is 2. The molecule has 0 saturated carbocycles. The lowest BCUT2D eigenvalue weighted by molar-refractivity contribution is 0.0731. The van der Waals surface area contributed by atoms with Crippen LogP contribution in [0.3, 0.4) is 0 Å². The van der Waals surface area contributed by atoms with Crippen LogP contribution in [0.4, 0.5) is 8.78 Å². The molecule has 1 fully saturated rings. The molecule has 6 heteroatoms. The van der Waals surface area contributed by atoms with Crippen LogP contribution < -0.4 is 0 Å². The minimum atomic E-state index is -0.822. The summed E-state index contributed by atoms with van der Waals surface area (Å²) in [5.74, 6) is -1.91. The van der Waals surface area contributed by atoms with Crippen LogP contribution in [-0.2, 0) is 7.05 Å². The maximum atomic E-state index is 13.8. The van der Waals surface area contributed by atoms with Crippen LogP contribution in [0.1, 0.15) is 34.8 Å². The first kappa shape index (κ1) is 13.7. The van der Waals surface area contributed by atoms with E-state index in [-0.39, 0.29) is 11.6 Å². The average molecular weight is 291 g/mol. The van der Waals surface area contributed by atoms with Crippen molar-refractivity contribution in [2.24, 2.45) is 7.05 Å². The highest BCUT2D eigenvalue weighted by Gasteiger charge is 2.32. The smallest absolute Gasteiger partial charge is 0.257 e. The zero-order valence-electron chi connectivity index (χ0n) is 11.6. The summed E-state index contributed by atoms with van der Waals surface area (Å²) in [7, 11) is 1.81. The van der Waals surface area contributed by atoms with Gasteiger partial charge in [-0.2, -0.15) is 5.10 Å². The Labute approximate surface area is 121 Å². The van der Waals surface area contributed by atoms with E-state index >= 15 is 0 Å². The third-order valence-corrected chi connectivity index (χ3v) is 3.78. The SMILES string of the molecule is Cn1cc([C@H]2CCCN2C(=O)c2ccc(F)cc2F)cn1. The number of carbonyl (C=O) groups is 1. The van der Waals surface area contributed by atoms with E-state index in [4.69, 9.17) is 0 Å². The van der Waals surface area contributed by atoms with Crippen LogP contribution in [0.15, 0.2) is 30.6 Å². The first-order valence-corrected chi connectivity index (χ1v) is 6.81. The second-order valence-corrected chi connectivity index (χ2v) is 5.23. The van der Waals surface area contributed by atoms with Gasteiger partial charge in [0.05, 0.1) is 17.8 Å². The molecule has 3 rings (SSSR count). The van der Waals surface area contributed by atoms with Crippen molar-refractivity contribution in [3.63, 3.8) is 0 Å². The number of likely N-dealkylation sites (tertiary alicyclic amines) is 1. The molecule has 2 heterocycles. The molecule has 0 radical (unpaired) electrons. The van der Waals surface area contributed by atoms with Crippen molar-refractivity contribution >= 4 is 5.91 Å². The van der Waals surface area contributed by atoms with Gasteiger partial charge >= 0.3 is 0 Å². The van der Waals surface area contributed by atoms with Gasteiger partial charge in [-0.25, -0.2) is 8.78 Å². The molecule has 1 atom stereocenters. The van der Waals surface area contributed by atoms with Gasteiger partial charge in [-0.3, -0.25) is 9.48 Å². The monoisotopic (exact) mass is 291 g/mol. The maximum Gasteiger partial charge on any atom is 0.257 e. The van der Waals surface area contributed by atoms with Crippen molar-refractivity contribution in [1.82, 2.24) is 14.7 Å². The van der Waals surface area contributed by atoms with Crippen molar-refractivity contribution in [1.29, 1.82) is 0 Å². The number of carbonyl (C=O) groups excluding carboxylic acids is 1. The highest BCUT2D eigenvalue weighted by Crippen LogP contribution is 2.33. The van der Waals surface area contributed by atoms with Crippen LogP contribution in [0.5, 0.6) is 0 Å². The first-order chi connectivity index (χ1) is 10.1. The normalized spacial score (nSPS) is 18.2. The van der Waals surface area contributed by atoms with Crippen molar-refractivity contribution in [3.05, 3.63) is 53.4 Å². The Kier molecular flexibility index (Phi) is 3.45. The highest BCUT2D eigenvalue weighted by molar-refractivity contribution is 5.95. The van der Waals surface area contributed by atoms with Crippen molar-refractivity contribution < 1.29 is 13.6 Å². The quantitative estimate of drug-likeness (QED) is 0.853. The highest BCUT2D eigenvalue weighted by atomic mass is 19.1. The Morgan fingerprint density at radius 2 is 2.19 bits per heavy atom. The van der Waals surface area contributed by atoms with E-state index in [0.717, 1.165) is 30.5 Å². The van der Waals surface area contributed by atoms with Crippen molar-refractivity contribution in [3.8, 4) is 0 Å². The van der Waals surface area contributed by atoms with E-state index in [2.05, 4.69) is 5.10 Å². The summed E-state index contributed by atoms with van der Waals surface area (Å²) in [6.07, 6.45) is 5.25. The predicted molar refractivity (Wildman–Crippen MR) is 72.6 cm³/mol. The molecule has 21 heavy (non-hydrogen) atoms. The third kappa shape index (κ3) is 2.53. The van der Waals surface area contributed by atoms with Crippen molar-refractivity contribution in [2.75, 3.05) is 6.54 Å². The number of aromatic nitrogens is 2. The number of aryl methyl sites for hydroxylation is 1. The number of nitrogens with zero attached hydrogens (tertiary/aromatic N) is 3. The largest absolute Gasteiger partial charge is 0.331 e. The van der Waals surface area contributed by atoms with Gasteiger partial charge in [0.25, 0.3) is 5.91 Å². The Morgan fingerprint density at radius 1 is 1.38 bits per heavy atom. The fraction of sp³-hybridized carbons (Fsp3) is 0.333. The number of benzene rings is 1. The topological polar surface area (TPSA) is 38.1 Å². The van der Waals surface area contributed by atoms with Gasteiger partial charge in [-0.1, -0.05) is 0 Å². The number of amides is 1. The van der Waals surface area contributed by atoms with Gasteiger partial charge < -0.3 is 4.90 Å². The molecule has 0 aliphatic carbocycles. The molecular formula is C15H15F2N3O. The Bertz CT molecular complexity index is 683. The average Bonchev–Trinajstić information content (AvgIpc) is 3.06. The van der Waals surface area contributed by atoms with E-state index < -0.39 is 17.5 Å². The molecule has 1 saturated heterocycles. The number of hydrogen-bond donors (Lipinski definition) is 0. The predicted octanol–water partition coefficient (Wildman–Crippen LogP) is 2.68. The number of rotatable bonds is 2. The van der Waals surface area contributed by atoms with E-state index in [1.807, 2.05) is 13.2 Å². The second kappa shape index (κ2) is 5.27. The summed E-state index contributed by atoms with van der Waals surface area (Å²) in [6, 6.07) is 2.94. The van der Waals surface area contributed by atoms with Crippen LogP contribution in [0, 0.1) is 11.6 Å². The fourth-order valence-corrected chi connectivity index (χ4v) is 2.79. The summed E-state index contributed by atoms with van der Waals surface area (Å²) in [4.78, 5) is 14.1. The third-order valence-electron chi connectivity index (χ3n) is 3.78. The summed E-state index contributed by atoms with van der Waals surface area (Å²) in [6.45, 7) is 0.565. The summed E-state index contributed by atoms with van der Waals surface area (Å²) in [5.41, 5.74) is 0.845. The zero-order chi connectivity index (χ0) is 15.0. The van der Waals surface area contributed by atoms with Gasteiger partial charge in [0.15, 0.2) is 0 Å². The summed E-state index contributed by atoms with van der Waals surface area (Å²) >= 11 is 0. The lowest BCUT2D eigenvalue weighted by atomic mass is 10.1. The standard InChI is InChI=1S/C15H15F2N3O/c1-19-9-10(8-18-19)14-3-2-6-20(14)15(21)12-5-4-11(16)7-13(12)17/h4-5,7-9,14H,2-3,6H2,1H3/t14-/m1/s1. The fourth-order valence-electron chi connectivity index (χ4n) is 2.79. The van der Waals surface area contributed by atoms with Gasteiger partial charge in [0.2, 0.25) is 0 Å². The molecule has 0 unspecified atom stereocenters. The Morgan fingerprint density at radius 3 is 2.86 bits per heavy atom. The number of hydrogen-bond acceptors (Lipinski definition) is 2. The molecule has 0 N–H and O–H groups in total. The van der Waals surface area contributed by atoms with E-state index in [9.17, 15) is 13.6 Å². The van der Waals surface area contributed by atoms with Gasteiger partial charge in [-0.15, -0.1) is 0 Å². The Hall–Kier alpha value is -2.24. The van der Waals surface area contributed by atoms with E-state index in [1.54, 1.807) is 15.8 Å². The van der Waals surface area contributed by atoms with Crippen LogP contribution in [0.2, 0.25) is 0 Å². The molecule has 1 aromatic carbocycles. The summed E-state index contributed by atoms with van der Waals surface area (Å²) < 4.78 is 28.4. The van der Waals surface area contributed by atoms with Gasteiger partial charge in [-0.05, 0) is 25.0 Å². The zero-order valence-corrected chi connectivity index (χ0v) is 11.6. The van der Waals surface area contributed by atoms with Crippen LogP contribution in [0.25, 0.3) is 0 Å². The summed E-state index contributed by atoms with van der Waals surface area (Å²) in [5, 5.41) is 4.11. The molecule has 2 aromatic rings. The first-order valence-electron chi connectivity index (χ1n) is 6.81. The molecule has 1 amide bonds. The van der Waals surface area contributed by atoms with Crippen LogP contribution in [-0.4, -0.2) is 27.1 Å². The molecule has 1 aliphatic heterocycles. The minimum Gasteiger partial charge on any atom is -0.331 e. The minimum absolute atomic E-state index is 0.0906.